The third-order valence-corrected chi connectivity index (χ3v) is 4.89. The standard InChI is InChI=1S/C14H13ClO2S/c1-2-11-5-3-4-6-14(11)18(16,17)13-9-7-12(15)8-10-13/h3-10H,2H2,1H3. The third-order valence-electron chi connectivity index (χ3n) is 2.77. The van der Waals surface area contributed by atoms with E-state index in [1.54, 1.807) is 24.3 Å². The molecule has 0 aliphatic heterocycles. The van der Waals surface area contributed by atoms with Crippen LogP contribution in [0.3, 0.4) is 0 Å². The van der Waals surface area contributed by atoms with E-state index in [-0.39, 0.29) is 4.90 Å². The van der Waals surface area contributed by atoms with E-state index >= 15 is 0 Å². The highest BCUT2D eigenvalue weighted by molar-refractivity contribution is 7.91. The van der Waals surface area contributed by atoms with Crippen molar-refractivity contribution in [1.29, 1.82) is 0 Å². The minimum absolute atomic E-state index is 0.271. The fourth-order valence-corrected chi connectivity index (χ4v) is 3.49. The molecule has 0 unspecified atom stereocenters. The van der Waals surface area contributed by atoms with Gasteiger partial charge in [-0.05, 0) is 42.3 Å². The van der Waals surface area contributed by atoms with Gasteiger partial charge in [0.25, 0.3) is 0 Å². The highest BCUT2D eigenvalue weighted by Gasteiger charge is 2.19. The number of benzene rings is 2. The lowest BCUT2D eigenvalue weighted by molar-refractivity contribution is 0.595. The first-order valence-corrected chi connectivity index (χ1v) is 7.50. The van der Waals surface area contributed by atoms with Crippen LogP contribution >= 0.6 is 11.6 Å². The van der Waals surface area contributed by atoms with Gasteiger partial charge in [-0.3, -0.25) is 0 Å². The van der Waals surface area contributed by atoms with Crippen LogP contribution in [0.2, 0.25) is 5.02 Å². The van der Waals surface area contributed by atoms with Crippen LogP contribution in [-0.4, -0.2) is 8.42 Å². The lowest BCUT2D eigenvalue weighted by Gasteiger charge is -2.09. The molecule has 0 radical (unpaired) electrons. The molecule has 94 valence electrons. The summed E-state index contributed by atoms with van der Waals surface area (Å²) in [6, 6.07) is 13.3. The van der Waals surface area contributed by atoms with Crippen LogP contribution in [0.4, 0.5) is 0 Å². The summed E-state index contributed by atoms with van der Waals surface area (Å²) in [5.74, 6) is 0. The molecule has 0 fully saturated rings. The van der Waals surface area contributed by atoms with Gasteiger partial charge in [0.1, 0.15) is 0 Å². The normalized spacial score (nSPS) is 11.4. The summed E-state index contributed by atoms with van der Waals surface area (Å²) < 4.78 is 25.0. The summed E-state index contributed by atoms with van der Waals surface area (Å²) in [7, 11) is -3.46. The number of rotatable bonds is 3. The van der Waals surface area contributed by atoms with Gasteiger partial charge in [0, 0.05) is 5.02 Å². The first-order valence-electron chi connectivity index (χ1n) is 5.64. The summed E-state index contributed by atoms with van der Waals surface area (Å²) >= 11 is 5.77. The molecular weight excluding hydrogens is 268 g/mol. The molecule has 0 aliphatic carbocycles. The topological polar surface area (TPSA) is 34.1 Å². The first kappa shape index (κ1) is 13.1. The largest absolute Gasteiger partial charge is 0.219 e. The van der Waals surface area contributed by atoms with E-state index < -0.39 is 9.84 Å². The zero-order chi connectivity index (χ0) is 13.2. The molecule has 4 heteroatoms. The molecule has 0 aromatic heterocycles. The van der Waals surface area contributed by atoms with Crippen LogP contribution in [0.25, 0.3) is 0 Å². The lowest BCUT2D eigenvalue weighted by atomic mass is 10.2. The fraction of sp³-hybridized carbons (Fsp3) is 0.143. The molecular formula is C14H13ClO2S. The van der Waals surface area contributed by atoms with Crippen molar-refractivity contribution in [3.05, 3.63) is 59.1 Å². The molecule has 0 atom stereocenters. The molecule has 0 saturated heterocycles. The zero-order valence-electron chi connectivity index (χ0n) is 9.93. The third kappa shape index (κ3) is 2.42. The molecule has 0 bridgehead atoms. The average Bonchev–Trinajstić information content (AvgIpc) is 2.39. The first-order chi connectivity index (χ1) is 8.55. The Morgan fingerprint density at radius 3 is 2.22 bits per heavy atom. The molecule has 0 amide bonds. The average molecular weight is 281 g/mol. The SMILES string of the molecule is CCc1ccccc1S(=O)(=O)c1ccc(Cl)cc1. The molecule has 2 rings (SSSR count). The highest BCUT2D eigenvalue weighted by Crippen LogP contribution is 2.25. The number of sulfone groups is 1. The minimum atomic E-state index is -3.46. The fourth-order valence-electron chi connectivity index (χ4n) is 1.80. The van der Waals surface area contributed by atoms with Gasteiger partial charge in [-0.2, -0.15) is 0 Å². The van der Waals surface area contributed by atoms with Gasteiger partial charge in [0.15, 0.2) is 0 Å². The molecule has 0 heterocycles. The van der Waals surface area contributed by atoms with Crippen molar-refractivity contribution in [2.24, 2.45) is 0 Å². The molecule has 0 saturated carbocycles. The van der Waals surface area contributed by atoms with E-state index in [9.17, 15) is 8.42 Å². The predicted molar refractivity (Wildman–Crippen MR) is 72.7 cm³/mol. The molecule has 0 N–H and O–H groups in total. The van der Waals surface area contributed by atoms with Crippen molar-refractivity contribution in [1.82, 2.24) is 0 Å². The zero-order valence-corrected chi connectivity index (χ0v) is 11.5. The van der Waals surface area contributed by atoms with Crippen LogP contribution in [0, 0.1) is 0 Å². The Morgan fingerprint density at radius 2 is 1.61 bits per heavy atom. The minimum Gasteiger partial charge on any atom is -0.219 e. The van der Waals surface area contributed by atoms with E-state index in [0.29, 0.717) is 16.3 Å². The van der Waals surface area contributed by atoms with Crippen molar-refractivity contribution in [2.45, 2.75) is 23.1 Å². The van der Waals surface area contributed by atoms with E-state index in [1.807, 2.05) is 19.1 Å². The molecule has 2 nitrogen and oxygen atoms in total. The van der Waals surface area contributed by atoms with Crippen molar-refractivity contribution in [3.63, 3.8) is 0 Å². The van der Waals surface area contributed by atoms with Crippen LogP contribution in [0.5, 0.6) is 0 Å². The van der Waals surface area contributed by atoms with Crippen molar-refractivity contribution >= 4 is 21.4 Å². The van der Waals surface area contributed by atoms with Crippen molar-refractivity contribution in [2.75, 3.05) is 0 Å². The van der Waals surface area contributed by atoms with Crippen LogP contribution < -0.4 is 0 Å². The second-order valence-corrected chi connectivity index (χ2v) is 6.27. The van der Waals surface area contributed by atoms with Gasteiger partial charge in [0.2, 0.25) is 9.84 Å². The molecule has 0 spiro atoms. The van der Waals surface area contributed by atoms with Crippen LogP contribution in [0.15, 0.2) is 58.3 Å². The second kappa shape index (κ2) is 5.12. The second-order valence-electron chi connectivity index (χ2n) is 3.92. The van der Waals surface area contributed by atoms with E-state index in [0.717, 1.165) is 5.56 Å². The van der Waals surface area contributed by atoms with Gasteiger partial charge in [-0.15, -0.1) is 0 Å². The smallest absolute Gasteiger partial charge is 0.206 e. The van der Waals surface area contributed by atoms with Gasteiger partial charge < -0.3 is 0 Å². The Balaban J connectivity index is 2.58. The summed E-state index contributed by atoms with van der Waals surface area (Å²) in [5.41, 5.74) is 0.826. The van der Waals surface area contributed by atoms with Crippen LogP contribution in [0.1, 0.15) is 12.5 Å². The maximum absolute atomic E-state index is 12.5. The Labute approximate surface area is 112 Å². The summed E-state index contributed by atoms with van der Waals surface area (Å²) in [5, 5.41) is 0.526. The Kier molecular flexibility index (Phi) is 3.73. The van der Waals surface area contributed by atoms with Gasteiger partial charge in [-0.25, -0.2) is 8.42 Å². The Bertz CT molecular complexity index is 646. The monoisotopic (exact) mass is 280 g/mol. The summed E-state index contributed by atoms with van der Waals surface area (Å²) in [6.45, 7) is 1.94. The number of hydrogen-bond acceptors (Lipinski definition) is 2. The lowest BCUT2D eigenvalue weighted by Crippen LogP contribution is -2.05. The van der Waals surface area contributed by atoms with Crippen molar-refractivity contribution < 1.29 is 8.42 Å². The Hall–Kier alpha value is -1.32. The quantitative estimate of drug-likeness (QED) is 0.858. The molecule has 2 aromatic carbocycles. The van der Waals surface area contributed by atoms with Crippen molar-refractivity contribution in [3.8, 4) is 0 Å². The summed E-state index contributed by atoms with van der Waals surface area (Å²) in [4.78, 5) is 0.641. The maximum atomic E-state index is 12.5. The number of aryl methyl sites for hydroxylation is 1. The van der Waals surface area contributed by atoms with E-state index in [4.69, 9.17) is 11.6 Å². The highest BCUT2D eigenvalue weighted by atomic mass is 35.5. The van der Waals surface area contributed by atoms with Gasteiger partial charge in [-0.1, -0.05) is 36.7 Å². The van der Waals surface area contributed by atoms with Gasteiger partial charge in [0.05, 0.1) is 9.79 Å². The Morgan fingerprint density at radius 1 is 1.00 bits per heavy atom. The van der Waals surface area contributed by atoms with Gasteiger partial charge >= 0.3 is 0 Å². The van der Waals surface area contributed by atoms with Crippen LogP contribution in [-0.2, 0) is 16.3 Å². The predicted octanol–water partition coefficient (Wildman–Crippen LogP) is 3.74. The summed E-state index contributed by atoms with van der Waals surface area (Å²) in [6.07, 6.45) is 0.684. The van der Waals surface area contributed by atoms with E-state index in [1.165, 1.54) is 12.1 Å². The molecule has 18 heavy (non-hydrogen) atoms. The number of hydrogen-bond donors (Lipinski definition) is 0. The molecule has 0 aliphatic rings. The number of halogens is 1. The molecule has 2 aromatic rings. The van der Waals surface area contributed by atoms with E-state index in [2.05, 4.69) is 0 Å². The maximum Gasteiger partial charge on any atom is 0.206 e.